The molecule has 2 aromatic carbocycles. The van der Waals surface area contributed by atoms with Gasteiger partial charge in [-0.1, -0.05) is 29.8 Å². The number of aryl methyl sites for hydroxylation is 1. The Kier molecular flexibility index (Phi) is 5.88. The van der Waals surface area contributed by atoms with Gasteiger partial charge in [0.2, 0.25) is 0 Å². The van der Waals surface area contributed by atoms with Crippen LogP contribution in [0.4, 0.5) is 0 Å². The topological polar surface area (TPSA) is 49.2 Å². The molecule has 1 aliphatic rings. The summed E-state index contributed by atoms with van der Waals surface area (Å²) >= 11 is 5.95. The third-order valence-electron chi connectivity index (χ3n) is 6.13. The lowest BCUT2D eigenvalue weighted by molar-refractivity contribution is 0.181. The summed E-state index contributed by atoms with van der Waals surface area (Å²) in [6.07, 6.45) is 7.08. The minimum absolute atomic E-state index is 0.379. The van der Waals surface area contributed by atoms with Crippen LogP contribution in [0.5, 0.6) is 0 Å². The van der Waals surface area contributed by atoms with Crippen LogP contribution in [0.2, 0.25) is 5.02 Å². The largest absolute Gasteiger partial charge is 0.417 e. The molecule has 1 saturated carbocycles. The Hall–Kier alpha value is -2.04. The summed E-state index contributed by atoms with van der Waals surface area (Å²) in [6, 6.07) is 15.0. The van der Waals surface area contributed by atoms with Gasteiger partial charge in [-0.15, -0.1) is 0 Å². The first-order valence-electron chi connectivity index (χ1n) is 10.2. The van der Waals surface area contributed by atoms with Crippen LogP contribution in [-0.2, 0) is 6.42 Å². The van der Waals surface area contributed by atoms with E-state index in [1.165, 1.54) is 43.2 Å². The van der Waals surface area contributed by atoms with Crippen molar-refractivity contribution in [3.63, 3.8) is 0 Å². The first-order valence-corrected chi connectivity index (χ1v) is 10.5. The van der Waals surface area contributed by atoms with Crippen molar-refractivity contribution in [2.75, 3.05) is 13.6 Å². The van der Waals surface area contributed by atoms with Gasteiger partial charge in [-0.25, -0.2) is 4.79 Å². The molecule has 1 fully saturated rings. The van der Waals surface area contributed by atoms with E-state index >= 15 is 0 Å². The van der Waals surface area contributed by atoms with E-state index in [0.717, 1.165) is 23.5 Å². The van der Waals surface area contributed by atoms with Crippen molar-refractivity contribution < 1.29 is 4.42 Å². The number of halogens is 1. The highest BCUT2D eigenvalue weighted by Crippen LogP contribution is 2.35. The van der Waals surface area contributed by atoms with Gasteiger partial charge < -0.3 is 9.32 Å². The van der Waals surface area contributed by atoms with E-state index in [4.69, 9.17) is 16.0 Å². The molecule has 28 heavy (non-hydrogen) atoms. The number of oxazole rings is 1. The van der Waals surface area contributed by atoms with E-state index in [0.29, 0.717) is 17.5 Å². The second-order valence-corrected chi connectivity index (χ2v) is 8.42. The van der Waals surface area contributed by atoms with E-state index < -0.39 is 0 Å². The molecule has 1 heterocycles. The summed E-state index contributed by atoms with van der Waals surface area (Å²) in [5.41, 5.74) is 4.10. The number of H-pyrrole nitrogens is 1. The van der Waals surface area contributed by atoms with Crippen molar-refractivity contribution in [2.24, 2.45) is 0 Å². The van der Waals surface area contributed by atoms with Crippen molar-refractivity contribution in [1.29, 1.82) is 0 Å². The minimum atomic E-state index is -0.379. The van der Waals surface area contributed by atoms with Gasteiger partial charge in [0.25, 0.3) is 0 Å². The van der Waals surface area contributed by atoms with Gasteiger partial charge in [-0.05, 0) is 93.4 Å². The Morgan fingerprint density at radius 1 is 1.11 bits per heavy atom. The van der Waals surface area contributed by atoms with Crippen molar-refractivity contribution in [2.45, 2.75) is 50.5 Å². The number of aromatic nitrogens is 1. The Morgan fingerprint density at radius 2 is 1.86 bits per heavy atom. The summed E-state index contributed by atoms with van der Waals surface area (Å²) in [7, 11) is 2.26. The van der Waals surface area contributed by atoms with Crippen LogP contribution in [0.25, 0.3) is 11.1 Å². The maximum Gasteiger partial charge on any atom is 0.417 e. The van der Waals surface area contributed by atoms with Crippen molar-refractivity contribution in [3.05, 3.63) is 69.2 Å². The zero-order chi connectivity index (χ0) is 19.5. The SMILES string of the molecule is CN(CCCc1ccc(Cl)cc1)C1CCC(c2ccc3[nH]c(=O)oc3c2)CC1. The lowest BCUT2D eigenvalue weighted by atomic mass is 9.81. The molecule has 1 N–H and O–H groups in total. The number of fused-ring (bicyclic) bond motifs is 1. The third kappa shape index (κ3) is 4.50. The van der Waals surface area contributed by atoms with Gasteiger partial charge in [-0.2, -0.15) is 0 Å². The second-order valence-electron chi connectivity index (χ2n) is 7.99. The summed E-state index contributed by atoms with van der Waals surface area (Å²) < 4.78 is 5.22. The van der Waals surface area contributed by atoms with Crippen LogP contribution in [0.3, 0.4) is 0 Å². The van der Waals surface area contributed by atoms with E-state index in [9.17, 15) is 4.79 Å². The van der Waals surface area contributed by atoms with E-state index in [1.807, 2.05) is 24.3 Å². The van der Waals surface area contributed by atoms with Gasteiger partial charge in [0.15, 0.2) is 5.58 Å². The molecular formula is C23H27ClN2O2. The molecule has 0 bridgehead atoms. The summed E-state index contributed by atoms with van der Waals surface area (Å²) in [4.78, 5) is 16.6. The quantitative estimate of drug-likeness (QED) is 0.607. The highest BCUT2D eigenvalue weighted by atomic mass is 35.5. The third-order valence-corrected chi connectivity index (χ3v) is 6.38. The molecule has 0 spiro atoms. The molecule has 0 unspecified atom stereocenters. The number of rotatable bonds is 6. The van der Waals surface area contributed by atoms with Crippen LogP contribution in [0.15, 0.2) is 51.7 Å². The highest BCUT2D eigenvalue weighted by Gasteiger charge is 2.25. The fourth-order valence-corrected chi connectivity index (χ4v) is 4.56. The number of nitrogens with one attached hydrogen (secondary N) is 1. The Bertz CT molecular complexity index is 968. The molecular weight excluding hydrogens is 372 g/mol. The van der Waals surface area contributed by atoms with Crippen molar-refractivity contribution >= 4 is 22.7 Å². The number of hydrogen-bond acceptors (Lipinski definition) is 3. The Labute approximate surface area is 170 Å². The Morgan fingerprint density at radius 3 is 2.61 bits per heavy atom. The fraction of sp³-hybridized carbons (Fsp3) is 0.435. The molecule has 0 amide bonds. The average Bonchev–Trinajstić information content (AvgIpc) is 3.08. The molecule has 0 saturated heterocycles. The van der Waals surface area contributed by atoms with Gasteiger partial charge in [0, 0.05) is 11.1 Å². The molecule has 148 valence electrons. The molecule has 0 atom stereocenters. The molecule has 0 radical (unpaired) electrons. The normalized spacial score (nSPS) is 20.1. The van der Waals surface area contributed by atoms with Crippen LogP contribution in [0.1, 0.15) is 49.1 Å². The first kappa shape index (κ1) is 19.3. The lowest BCUT2D eigenvalue weighted by Gasteiger charge is -2.35. The summed E-state index contributed by atoms with van der Waals surface area (Å²) in [5, 5.41) is 0.801. The fourth-order valence-electron chi connectivity index (χ4n) is 4.43. The number of nitrogens with zero attached hydrogens (tertiary/aromatic N) is 1. The molecule has 0 aliphatic heterocycles. The average molecular weight is 399 g/mol. The zero-order valence-corrected chi connectivity index (χ0v) is 17.0. The number of hydrogen-bond donors (Lipinski definition) is 1. The van der Waals surface area contributed by atoms with Crippen LogP contribution < -0.4 is 5.76 Å². The highest BCUT2D eigenvalue weighted by molar-refractivity contribution is 6.30. The molecule has 4 rings (SSSR count). The predicted molar refractivity (Wildman–Crippen MR) is 114 cm³/mol. The molecule has 1 aromatic heterocycles. The molecule has 1 aliphatic carbocycles. The van der Waals surface area contributed by atoms with Gasteiger partial charge in [-0.3, -0.25) is 4.98 Å². The van der Waals surface area contributed by atoms with Gasteiger partial charge >= 0.3 is 5.76 Å². The van der Waals surface area contributed by atoms with E-state index in [2.05, 4.69) is 35.1 Å². The van der Waals surface area contributed by atoms with E-state index in [-0.39, 0.29) is 5.76 Å². The maximum absolute atomic E-state index is 11.4. The molecule has 5 heteroatoms. The predicted octanol–water partition coefficient (Wildman–Crippen LogP) is 5.37. The van der Waals surface area contributed by atoms with Gasteiger partial charge in [0.05, 0.1) is 5.52 Å². The van der Waals surface area contributed by atoms with Crippen molar-refractivity contribution in [1.82, 2.24) is 9.88 Å². The van der Waals surface area contributed by atoms with Crippen LogP contribution in [0, 0.1) is 0 Å². The maximum atomic E-state index is 11.4. The van der Waals surface area contributed by atoms with Crippen molar-refractivity contribution in [3.8, 4) is 0 Å². The van der Waals surface area contributed by atoms with Crippen LogP contribution in [-0.4, -0.2) is 29.5 Å². The number of benzene rings is 2. The summed E-state index contributed by atoms with van der Waals surface area (Å²) in [6.45, 7) is 1.12. The molecule has 4 nitrogen and oxygen atoms in total. The Balaban J connectivity index is 1.26. The first-order chi connectivity index (χ1) is 13.6. The van der Waals surface area contributed by atoms with Crippen LogP contribution >= 0.6 is 11.6 Å². The summed E-state index contributed by atoms with van der Waals surface area (Å²) in [5.74, 6) is 0.180. The monoisotopic (exact) mass is 398 g/mol. The second kappa shape index (κ2) is 8.54. The number of aromatic amines is 1. The molecule has 3 aromatic rings. The van der Waals surface area contributed by atoms with Gasteiger partial charge in [0.1, 0.15) is 0 Å². The van der Waals surface area contributed by atoms with E-state index in [1.54, 1.807) is 0 Å². The zero-order valence-electron chi connectivity index (χ0n) is 16.3. The standard InChI is InChI=1S/C23H27ClN2O2/c1-26(14-2-3-16-4-9-19(24)10-5-16)20-11-6-17(7-12-20)18-8-13-21-22(15-18)28-23(27)25-21/h4-5,8-10,13,15,17,20H,2-3,6-7,11-12,14H2,1H3,(H,25,27). The lowest BCUT2D eigenvalue weighted by Crippen LogP contribution is -2.35. The minimum Gasteiger partial charge on any atom is -0.408 e. The smallest absolute Gasteiger partial charge is 0.408 e.